The van der Waals surface area contributed by atoms with Gasteiger partial charge in [-0.05, 0) is 30.3 Å². The summed E-state index contributed by atoms with van der Waals surface area (Å²) in [5.74, 6) is 0.820. The van der Waals surface area contributed by atoms with Crippen LogP contribution in [0.25, 0.3) is 11.5 Å². The van der Waals surface area contributed by atoms with Crippen molar-refractivity contribution in [3.05, 3.63) is 70.5 Å². The number of hydrogen-bond donors (Lipinski definition) is 0. The standard InChI is InChI=1S/C16H13ClN2OS/c1-2-8-19-14(15-7-4-9-20-15)11-21-16(19)18-13-6-3-5-12(17)10-13/h2-7,9-11H,1,8H2. The first kappa shape index (κ1) is 13.9. The monoisotopic (exact) mass is 316 g/mol. The summed E-state index contributed by atoms with van der Waals surface area (Å²) in [6.45, 7) is 4.48. The SMILES string of the molecule is C=CCn1c(-c2ccco2)csc1=Nc1cccc(Cl)c1. The number of furan rings is 1. The van der Waals surface area contributed by atoms with Gasteiger partial charge in [0.1, 0.15) is 0 Å². The van der Waals surface area contributed by atoms with E-state index < -0.39 is 0 Å². The van der Waals surface area contributed by atoms with Gasteiger partial charge in [0.05, 0.1) is 17.6 Å². The van der Waals surface area contributed by atoms with Gasteiger partial charge in [0.2, 0.25) is 0 Å². The van der Waals surface area contributed by atoms with E-state index in [2.05, 4.69) is 16.1 Å². The molecule has 0 radical (unpaired) electrons. The van der Waals surface area contributed by atoms with Crippen LogP contribution in [0, 0.1) is 0 Å². The lowest BCUT2D eigenvalue weighted by Crippen LogP contribution is -2.14. The fraction of sp³-hybridized carbons (Fsp3) is 0.0625. The number of nitrogens with zero attached hydrogens (tertiary/aromatic N) is 2. The molecule has 0 saturated carbocycles. The minimum Gasteiger partial charge on any atom is -0.463 e. The average molecular weight is 317 g/mol. The highest BCUT2D eigenvalue weighted by Crippen LogP contribution is 2.22. The molecule has 0 aliphatic heterocycles. The predicted molar refractivity (Wildman–Crippen MR) is 86.9 cm³/mol. The third-order valence-corrected chi connectivity index (χ3v) is 4.01. The van der Waals surface area contributed by atoms with E-state index in [1.54, 1.807) is 17.6 Å². The van der Waals surface area contributed by atoms with Crippen LogP contribution in [0.3, 0.4) is 0 Å². The molecule has 0 saturated heterocycles. The Balaban J connectivity index is 2.13. The molecule has 0 aliphatic carbocycles. The van der Waals surface area contributed by atoms with Crippen molar-refractivity contribution in [2.75, 3.05) is 0 Å². The predicted octanol–water partition coefficient (Wildman–Crippen LogP) is 4.88. The smallest absolute Gasteiger partial charge is 0.190 e. The van der Waals surface area contributed by atoms with Gasteiger partial charge in [-0.1, -0.05) is 23.7 Å². The van der Waals surface area contributed by atoms with Gasteiger partial charge < -0.3 is 8.98 Å². The van der Waals surface area contributed by atoms with Crippen molar-refractivity contribution in [3.8, 4) is 11.5 Å². The summed E-state index contributed by atoms with van der Waals surface area (Å²) in [7, 11) is 0. The summed E-state index contributed by atoms with van der Waals surface area (Å²) in [5, 5.41) is 2.71. The Morgan fingerprint density at radius 2 is 2.24 bits per heavy atom. The lowest BCUT2D eigenvalue weighted by molar-refractivity contribution is 0.574. The van der Waals surface area contributed by atoms with E-state index in [-0.39, 0.29) is 0 Å². The zero-order valence-electron chi connectivity index (χ0n) is 11.2. The Bertz CT molecular complexity index is 815. The molecule has 0 aliphatic rings. The van der Waals surface area contributed by atoms with Crippen LogP contribution in [0.15, 0.2) is 70.1 Å². The number of thiazole rings is 1. The summed E-state index contributed by atoms with van der Waals surface area (Å²) >= 11 is 7.56. The fourth-order valence-corrected chi connectivity index (χ4v) is 3.11. The Labute approximate surface area is 131 Å². The number of halogens is 1. The van der Waals surface area contributed by atoms with Crippen LogP contribution >= 0.6 is 22.9 Å². The summed E-state index contributed by atoms with van der Waals surface area (Å²) in [6, 6.07) is 11.3. The Morgan fingerprint density at radius 3 is 2.95 bits per heavy atom. The number of aromatic nitrogens is 1. The first-order valence-electron chi connectivity index (χ1n) is 6.41. The fourth-order valence-electron chi connectivity index (χ4n) is 2.00. The highest BCUT2D eigenvalue weighted by atomic mass is 35.5. The minimum atomic E-state index is 0.666. The maximum Gasteiger partial charge on any atom is 0.190 e. The second kappa shape index (κ2) is 6.16. The third-order valence-electron chi connectivity index (χ3n) is 2.92. The van der Waals surface area contributed by atoms with Crippen molar-refractivity contribution < 1.29 is 4.42 Å². The highest BCUT2D eigenvalue weighted by molar-refractivity contribution is 7.07. The zero-order valence-corrected chi connectivity index (χ0v) is 12.8. The van der Waals surface area contributed by atoms with Crippen molar-refractivity contribution in [1.82, 2.24) is 4.57 Å². The number of allylic oxidation sites excluding steroid dienone is 1. The van der Waals surface area contributed by atoms with Crippen LogP contribution in [0.2, 0.25) is 5.02 Å². The summed E-state index contributed by atoms with van der Waals surface area (Å²) < 4.78 is 7.54. The topological polar surface area (TPSA) is 30.4 Å². The van der Waals surface area contributed by atoms with E-state index in [1.807, 2.05) is 47.9 Å². The molecule has 1 aromatic carbocycles. The van der Waals surface area contributed by atoms with Gasteiger partial charge in [-0.15, -0.1) is 17.9 Å². The van der Waals surface area contributed by atoms with E-state index in [9.17, 15) is 0 Å². The van der Waals surface area contributed by atoms with Crippen molar-refractivity contribution in [1.29, 1.82) is 0 Å². The summed E-state index contributed by atoms with van der Waals surface area (Å²) in [4.78, 5) is 5.54. The van der Waals surface area contributed by atoms with Crippen LogP contribution in [0.1, 0.15) is 0 Å². The molecule has 3 rings (SSSR count). The van der Waals surface area contributed by atoms with Gasteiger partial charge in [0, 0.05) is 16.9 Å². The Morgan fingerprint density at radius 1 is 1.33 bits per heavy atom. The van der Waals surface area contributed by atoms with Gasteiger partial charge in [0.15, 0.2) is 10.6 Å². The van der Waals surface area contributed by atoms with E-state index in [0.29, 0.717) is 11.6 Å². The molecule has 21 heavy (non-hydrogen) atoms. The van der Waals surface area contributed by atoms with Gasteiger partial charge in [0.25, 0.3) is 0 Å². The van der Waals surface area contributed by atoms with Crippen molar-refractivity contribution in [2.45, 2.75) is 6.54 Å². The van der Waals surface area contributed by atoms with Crippen LogP contribution < -0.4 is 4.80 Å². The maximum atomic E-state index is 6.00. The van der Waals surface area contributed by atoms with E-state index >= 15 is 0 Å². The lowest BCUT2D eigenvalue weighted by Gasteiger charge is -2.03. The van der Waals surface area contributed by atoms with E-state index in [1.165, 1.54) is 0 Å². The molecule has 0 bridgehead atoms. The molecular formula is C16H13ClN2OS. The van der Waals surface area contributed by atoms with Crippen molar-refractivity contribution in [2.24, 2.45) is 4.99 Å². The second-order valence-electron chi connectivity index (χ2n) is 4.37. The Hall–Kier alpha value is -2.04. The van der Waals surface area contributed by atoms with Crippen LogP contribution in [0.4, 0.5) is 5.69 Å². The quantitative estimate of drug-likeness (QED) is 0.631. The molecule has 0 fully saturated rings. The van der Waals surface area contributed by atoms with E-state index in [0.717, 1.165) is 21.9 Å². The first-order chi connectivity index (χ1) is 10.3. The normalized spacial score (nSPS) is 11.8. The first-order valence-corrected chi connectivity index (χ1v) is 7.67. The zero-order chi connectivity index (χ0) is 14.7. The van der Waals surface area contributed by atoms with Gasteiger partial charge in [-0.25, -0.2) is 4.99 Å². The third kappa shape index (κ3) is 3.01. The van der Waals surface area contributed by atoms with Gasteiger partial charge >= 0.3 is 0 Å². The lowest BCUT2D eigenvalue weighted by atomic mass is 10.3. The summed E-state index contributed by atoms with van der Waals surface area (Å²) in [5.41, 5.74) is 1.82. The molecule has 0 amide bonds. The van der Waals surface area contributed by atoms with Gasteiger partial charge in [-0.2, -0.15) is 0 Å². The van der Waals surface area contributed by atoms with Crippen molar-refractivity contribution >= 4 is 28.6 Å². The highest BCUT2D eigenvalue weighted by Gasteiger charge is 2.09. The van der Waals surface area contributed by atoms with Crippen LogP contribution in [-0.2, 0) is 6.54 Å². The van der Waals surface area contributed by atoms with Crippen LogP contribution in [0.5, 0.6) is 0 Å². The molecule has 3 nitrogen and oxygen atoms in total. The molecule has 106 valence electrons. The number of hydrogen-bond acceptors (Lipinski definition) is 3. The number of rotatable bonds is 4. The molecule has 5 heteroatoms. The Kier molecular flexibility index (Phi) is 4.08. The largest absolute Gasteiger partial charge is 0.463 e. The molecule has 2 heterocycles. The average Bonchev–Trinajstić information content (AvgIpc) is 3.10. The molecular weight excluding hydrogens is 304 g/mol. The molecule has 3 aromatic rings. The molecule has 0 spiro atoms. The number of benzene rings is 1. The maximum absolute atomic E-state index is 6.00. The van der Waals surface area contributed by atoms with Gasteiger partial charge in [-0.3, -0.25) is 0 Å². The summed E-state index contributed by atoms with van der Waals surface area (Å²) in [6.07, 6.45) is 3.51. The minimum absolute atomic E-state index is 0.666. The van der Waals surface area contributed by atoms with Crippen molar-refractivity contribution in [3.63, 3.8) is 0 Å². The molecule has 0 N–H and O–H groups in total. The molecule has 2 aromatic heterocycles. The van der Waals surface area contributed by atoms with Crippen LogP contribution in [-0.4, -0.2) is 4.57 Å². The molecule has 0 unspecified atom stereocenters. The second-order valence-corrected chi connectivity index (χ2v) is 5.64. The molecule has 0 atom stereocenters. The van der Waals surface area contributed by atoms with E-state index in [4.69, 9.17) is 16.0 Å².